The molecule has 1 heterocycles. The van der Waals surface area contributed by atoms with Crippen molar-refractivity contribution < 1.29 is 14.0 Å². The largest absolute Gasteiger partial charge is 0.326 e. The van der Waals surface area contributed by atoms with Crippen LogP contribution in [0.4, 0.5) is 15.8 Å². The molecule has 0 unspecified atom stereocenters. The zero-order valence-electron chi connectivity index (χ0n) is 10.7. The van der Waals surface area contributed by atoms with Crippen LogP contribution in [0.3, 0.4) is 0 Å². The summed E-state index contributed by atoms with van der Waals surface area (Å²) in [7, 11) is 0. The van der Waals surface area contributed by atoms with Gasteiger partial charge in [-0.1, -0.05) is 6.07 Å². The summed E-state index contributed by atoms with van der Waals surface area (Å²) in [6, 6.07) is 10.6. The third kappa shape index (κ3) is 3.61. The standard InChI is InChI=1S/C14H12FN3O2/c1-9(19)16-10-5-7-11(8-6-10)17-14(20)12-3-2-4-13(15)18-12/h2-8H,1H3,(H,16,19)(H,17,20). The zero-order chi connectivity index (χ0) is 14.5. The predicted octanol–water partition coefficient (Wildman–Crippen LogP) is 2.43. The van der Waals surface area contributed by atoms with E-state index in [2.05, 4.69) is 15.6 Å². The maximum atomic E-state index is 12.9. The van der Waals surface area contributed by atoms with Crippen molar-refractivity contribution in [2.24, 2.45) is 0 Å². The van der Waals surface area contributed by atoms with E-state index < -0.39 is 11.9 Å². The maximum absolute atomic E-state index is 12.9. The van der Waals surface area contributed by atoms with Crippen LogP contribution in [-0.2, 0) is 4.79 Å². The summed E-state index contributed by atoms with van der Waals surface area (Å²) in [6.07, 6.45) is 0. The van der Waals surface area contributed by atoms with E-state index in [1.54, 1.807) is 24.3 Å². The molecule has 0 radical (unpaired) electrons. The fourth-order valence-corrected chi connectivity index (χ4v) is 1.57. The molecule has 1 aromatic carbocycles. The number of hydrogen-bond donors (Lipinski definition) is 2. The summed E-state index contributed by atoms with van der Waals surface area (Å²) in [5.41, 5.74) is 1.14. The maximum Gasteiger partial charge on any atom is 0.274 e. The lowest BCUT2D eigenvalue weighted by atomic mass is 10.2. The number of pyridine rings is 1. The molecular formula is C14H12FN3O2. The Hall–Kier alpha value is -2.76. The quantitative estimate of drug-likeness (QED) is 0.844. The highest BCUT2D eigenvalue weighted by Gasteiger charge is 2.08. The second-order valence-electron chi connectivity index (χ2n) is 4.06. The van der Waals surface area contributed by atoms with E-state index in [1.807, 2.05) is 0 Å². The van der Waals surface area contributed by atoms with Crippen molar-refractivity contribution in [1.82, 2.24) is 4.98 Å². The normalized spacial score (nSPS) is 9.90. The van der Waals surface area contributed by atoms with E-state index in [1.165, 1.54) is 25.1 Å². The first kappa shape index (κ1) is 13.7. The molecule has 0 aliphatic heterocycles. The van der Waals surface area contributed by atoms with Crippen LogP contribution in [0.25, 0.3) is 0 Å². The molecule has 0 spiro atoms. The van der Waals surface area contributed by atoms with Gasteiger partial charge in [-0.2, -0.15) is 4.39 Å². The first-order valence-corrected chi connectivity index (χ1v) is 5.86. The third-order valence-electron chi connectivity index (χ3n) is 2.41. The molecule has 2 aromatic rings. The lowest BCUT2D eigenvalue weighted by Crippen LogP contribution is -2.14. The molecule has 6 heteroatoms. The zero-order valence-corrected chi connectivity index (χ0v) is 10.7. The minimum absolute atomic E-state index is 0.00376. The highest BCUT2D eigenvalue weighted by atomic mass is 19.1. The Bertz CT molecular complexity index is 641. The minimum Gasteiger partial charge on any atom is -0.326 e. The molecule has 102 valence electrons. The van der Waals surface area contributed by atoms with Crippen LogP contribution >= 0.6 is 0 Å². The summed E-state index contributed by atoms with van der Waals surface area (Å²) < 4.78 is 12.9. The molecular weight excluding hydrogens is 261 g/mol. The van der Waals surface area contributed by atoms with Crippen LogP contribution in [0.1, 0.15) is 17.4 Å². The van der Waals surface area contributed by atoms with Gasteiger partial charge in [0.15, 0.2) is 0 Å². The first-order chi connectivity index (χ1) is 9.54. The molecule has 0 aliphatic carbocycles. The van der Waals surface area contributed by atoms with Gasteiger partial charge in [0.1, 0.15) is 5.69 Å². The van der Waals surface area contributed by atoms with Crippen LogP contribution in [0.2, 0.25) is 0 Å². The Balaban J connectivity index is 2.06. The van der Waals surface area contributed by atoms with Crippen molar-refractivity contribution in [3.63, 3.8) is 0 Å². The van der Waals surface area contributed by atoms with Gasteiger partial charge in [-0.05, 0) is 36.4 Å². The Morgan fingerprint density at radius 1 is 1.00 bits per heavy atom. The second kappa shape index (κ2) is 5.92. The van der Waals surface area contributed by atoms with E-state index in [-0.39, 0.29) is 11.6 Å². The molecule has 0 bridgehead atoms. The SMILES string of the molecule is CC(=O)Nc1ccc(NC(=O)c2cccc(F)n2)cc1. The molecule has 20 heavy (non-hydrogen) atoms. The van der Waals surface area contributed by atoms with Gasteiger partial charge in [0.25, 0.3) is 5.91 Å². The smallest absolute Gasteiger partial charge is 0.274 e. The van der Waals surface area contributed by atoms with E-state index in [0.29, 0.717) is 11.4 Å². The Morgan fingerprint density at radius 3 is 2.15 bits per heavy atom. The lowest BCUT2D eigenvalue weighted by Gasteiger charge is -2.06. The van der Waals surface area contributed by atoms with Crippen molar-refractivity contribution in [2.75, 3.05) is 10.6 Å². The molecule has 0 saturated heterocycles. The number of halogens is 1. The predicted molar refractivity (Wildman–Crippen MR) is 72.9 cm³/mol. The minimum atomic E-state index is -0.710. The van der Waals surface area contributed by atoms with Crippen molar-refractivity contribution in [3.8, 4) is 0 Å². The van der Waals surface area contributed by atoms with Crippen LogP contribution in [0, 0.1) is 5.95 Å². The molecule has 5 nitrogen and oxygen atoms in total. The number of nitrogens with one attached hydrogen (secondary N) is 2. The van der Waals surface area contributed by atoms with Crippen LogP contribution in [0.5, 0.6) is 0 Å². The summed E-state index contributed by atoms with van der Waals surface area (Å²) in [5.74, 6) is -1.39. The Morgan fingerprint density at radius 2 is 1.60 bits per heavy atom. The van der Waals surface area contributed by atoms with Gasteiger partial charge in [0, 0.05) is 18.3 Å². The van der Waals surface area contributed by atoms with Crippen LogP contribution in [0.15, 0.2) is 42.5 Å². The molecule has 2 amide bonds. The summed E-state index contributed by atoms with van der Waals surface area (Å²) in [6.45, 7) is 1.41. The number of benzene rings is 1. The van der Waals surface area contributed by atoms with Crippen molar-refractivity contribution in [3.05, 3.63) is 54.1 Å². The van der Waals surface area contributed by atoms with Crippen LogP contribution in [-0.4, -0.2) is 16.8 Å². The second-order valence-corrected chi connectivity index (χ2v) is 4.06. The summed E-state index contributed by atoms with van der Waals surface area (Å²) >= 11 is 0. The van der Waals surface area contributed by atoms with Crippen molar-refractivity contribution in [1.29, 1.82) is 0 Å². The monoisotopic (exact) mass is 273 g/mol. The number of rotatable bonds is 3. The number of nitrogens with zero attached hydrogens (tertiary/aromatic N) is 1. The number of anilines is 2. The Labute approximate surface area is 114 Å². The number of carbonyl (C=O) groups is 2. The fourth-order valence-electron chi connectivity index (χ4n) is 1.57. The molecule has 2 N–H and O–H groups in total. The van der Waals surface area contributed by atoms with E-state index >= 15 is 0 Å². The molecule has 0 saturated carbocycles. The lowest BCUT2D eigenvalue weighted by molar-refractivity contribution is -0.114. The first-order valence-electron chi connectivity index (χ1n) is 5.86. The van der Waals surface area contributed by atoms with Crippen LogP contribution < -0.4 is 10.6 Å². The van der Waals surface area contributed by atoms with Gasteiger partial charge in [-0.15, -0.1) is 0 Å². The average Bonchev–Trinajstić information content (AvgIpc) is 2.40. The van der Waals surface area contributed by atoms with E-state index in [9.17, 15) is 14.0 Å². The number of carbonyl (C=O) groups excluding carboxylic acids is 2. The molecule has 2 rings (SSSR count). The number of amides is 2. The Kier molecular flexibility index (Phi) is 4.05. The van der Waals surface area contributed by atoms with Gasteiger partial charge < -0.3 is 10.6 Å². The highest BCUT2D eigenvalue weighted by Crippen LogP contribution is 2.14. The van der Waals surface area contributed by atoms with E-state index in [0.717, 1.165) is 0 Å². The fraction of sp³-hybridized carbons (Fsp3) is 0.0714. The van der Waals surface area contributed by atoms with Crippen molar-refractivity contribution in [2.45, 2.75) is 6.92 Å². The van der Waals surface area contributed by atoms with Gasteiger partial charge in [-0.25, -0.2) is 4.98 Å². The molecule has 0 fully saturated rings. The van der Waals surface area contributed by atoms with Crippen molar-refractivity contribution >= 4 is 23.2 Å². The van der Waals surface area contributed by atoms with Gasteiger partial charge in [0.2, 0.25) is 11.9 Å². The summed E-state index contributed by atoms with van der Waals surface area (Å²) in [5, 5.41) is 5.20. The topological polar surface area (TPSA) is 71.1 Å². The third-order valence-corrected chi connectivity index (χ3v) is 2.41. The molecule has 0 aliphatic rings. The number of aromatic nitrogens is 1. The molecule has 1 aromatic heterocycles. The van der Waals surface area contributed by atoms with Gasteiger partial charge >= 0.3 is 0 Å². The highest BCUT2D eigenvalue weighted by molar-refractivity contribution is 6.03. The average molecular weight is 273 g/mol. The van der Waals surface area contributed by atoms with E-state index in [4.69, 9.17) is 0 Å². The number of hydrogen-bond acceptors (Lipinski definition) is 3. The molecule has 0 atom stereocenters. The summed E-state index contributed by atoms with van der Waals surface area (Å²) in [4.78, 5) is 26.2. The van der Waals surface area contributed by atoms with Gasteiger partial charge in [-0.3, -0.25) is 9.59 Å². The van der Waals surface area contributed by atoms with Gasteiger partial charge in [0.05, 0.1) is 0 Å².